The molecular weight excluding hydrogens is 223 g/mol. The van der Waals surface area contributed by atoms with Crippen LogP contribution in [0, 0.1) is 11.8 Å². The Balaban J connectivity index is 2.43. The summed E-state index contributed by atoms with van der Waals surface area (Å²) < 4.78 is 0. The highest BCUT2D eigenvalue weighted by Crippen LogP contribution is 2.40. The molecule has 0 heterocycles. The summed E-state index contributed by atoms with van der Waals surface area (Å²) in [5.41, 5.74) is 1.51. The number of rotatable bonds is 7. The van der Waals surface area contributed by atoms with Crippen molar-refractivity contribution in [2.45, 2.75) is 34.1 Å². The summed E-state index contributed by atoms with van der Waals surface area (Å²) >= 11 is 0. The van der Waals surface area contributed by atoms with Crippen LogP contribution < -0.4 is 0 Å². The van der Waals surface area contributed by atoms with Crippen LogP contribution in [0.5, 0.6) is 0 Å². The van der Waals surface area contributed by atoms with Gasteiger partial charge < -0.3 is 0 Å². The van der Waals surface area contributed by atoms with Gasteiger partial charge in [-0.15, -0.1) is 7.92 Å². The van der Waals surface area contributed by atoms with Crippen molar-refractivity contribution >= 4 is 7.92 Å². The molecule has 0 bridgehead atoms. The second kappa shape index (κ2) is 7.88. The lowest BCUT2D eigenvalue weighted by Crippen LogP contribution is -2.06. The molecule has 0 aromatic heterocycles. The van der Waals surface area contributed by atoms with Gasteiger partial charge in [0.2, 0.25) is 0 Å². The molecular formula is C16H27P. The highest BCUT2D eigenvalue weighted by molar-refractivity contribution is 7.57. The lowest BCUT2D eigenvalue weighted by molar-refractivity contribution is 0.716. The quantitative estimate of drug-likeness (QED) is 0.596. The van der Waals surface area contributed by atoms with E-state index < -0.39 is 0 Å². The van der Waals surface area contributed by atoms with Gasteiger partial charge in [0, 0.05) is 0 Å². The fraction of sp³-hybridized carbons (Fsp3) is 0.625. The second-order valence-corrected chi connectivity index (χ2v) is 8.30. The maximum absolute atomic E-state index is 2.36. The summed E-state index contributed by atoms with van der Waals surface area (Å²) in [4.78, 5) is 0. The van der Waals surface area contributed by atoms with E-state index in [9.17, 15) is 0 Å². The fourth-order valence-electron chi connectivity index (χ4n) is 2.22. The third-order valence-corrected chi connectivity index (χ3v) is 6.16. The van der Waals surface area contributed by atoms with Crippen LogP contribution >= 0.6 is 7.92 Å². The van der Waals surface area contributed by atoms with Gasteiger partial charge in [0.15, 0.2) is 0 Å². The normalized spacial score (nSPS) is 11.7. The topological polar surface area (TPSA) is 0 Å². The Morgan fingerprint density at radius 2 is 1.41 bits per heavy atom. The van der Waals surface area contributed by atoms with Crippen LogP contribution in [0.4, 0.5) is 0 Å². The molecule has 0 aliphatic rings. The van der Waals surface area contributed by atoms with Crippen LogP contribution in [-0.2, 0) is 6.42 Å². The van der Waals surface area contributed by atoms with E-state index in [0.717, 1.165) is 11.8 Å². The van der Waals surface area contributed by atoms with Gasteiger partial charge in [-0.2, -0.15) is 0 Å². The molecule has 0 unspecified atom stereocenters. The predicted octanol–water partition coefficient (Wildman–Crippen LogP) is 5.02. The molecule has 1 aromatic rings. The molecule has 0 saturated carbocycles. The molecule has 0 aliphatic carbocycles. The minimum absolute atomic E-state index is 0.237. The van der Waals surface area contributed by atoms with Crippen LogP contribution in [0.25, 0.3) is 0 Å². The molecule has 0 aliphatic heterocycles. The summed E-state index contributed by atoms with van der Waals surface area (Å²) in [6, 6.07) is 10.9. The van der Waals surface area contributed by atoms with Crippen molar-refractivity contribution in [3.05, 3.63) is 35.9 Å². The highest BCUT2D eigenvalue weighted by Gasteiger charge is 2.12. The molecule has 0 atom stereocenters. The predicted molar refractivity (Wildman–Crippen MR) is 81.3 cm³/mol. The smallest absolute Gasteiger partial charge is 0.0239 e. The average Bonchev–Trinajstić information content (AvgIpc) is 2.26. The van der Waals surface area contributed by atoms with Crippen molar-refractivity contribution in [1.29, 1.82) is 0 Å². The van der Waals surface area contributed by atoms with Crippen molar-refractivity contribution < 1.29 is 0 Å². The Morgan fingerprint density at radius 3 is 1.88 bits per heavy atom. The monoisotopic (exact) mass is 250 g/mol. The first kappa shape index (κ1) is 14.7. The van der Waals surface area contributed by atoms with Gasteiger partial charge >= 0.3 is 0 Å². The van der Waals surface area contributed by atoms with Crippen LogP contribution in [0.15, 0.2) is 30.3 Å². The zero-order valence-electron chi connectivity index (χ0n) is 11.8. The maximum atomic E-state index is 2.36. The van der Waals surface area contributed by atoms with Gasteiger partial charge in [-0.1, -0.05) is 58.0 Å². The molecule has 0 radical (unpaired) electrons. The summed E-state index contributed by atoms with van der Waals surface area (Å²) in [7, 11) is 0.237. The van der Waals surface area contributed by atoms with Gasteiger partial charge in [0.05, 0.1) is 0 Å². The minimum atomic E-state index is 0.237. The van der Waals surface area contributed by atoms with Crippen LogP contribution in [0.3, 0.4) is 0 Å². The van der Waals surface area contributed by atoms with E-state index in [0.29, 0.717) is 0 Å². The maximum Gasteiger partial charge on any atom is -0.0239 e. The SMILES string of the molecule is CC(C)CP(CCc1ccccc1)CC(C)C. The van der Waals surface area contributed by atoms with Crippen molar-refractivity contribution in [2.75, 3.05) is 18.5 Å². The lowest BCUT2D eigenvalue weighted by atomic mass is 10.2. The Hall–Kier alpha value is -0.350. The van der Waals surface area contributed by atoms with E-state index in [1.54, 1.807) is 0 Å². The first-order chi connectivity index (χ1) is 8.08. The molecule has 96 valence electrons. The molecule has 0 nitrogen and oxygen atoms in total. The van der Waals surface area contributed by atoms with Crippen molar-refractivity contribution in [1.82, 2.24) is 0 Å². The zero-order chi connectivity index (χ0) is 12.7. The van der Waals surface area contributed by atoms with Crippen LogP contribution in [0.2, 0.25) is 0 Å². The minimum Gasteiger partial charge on any atom is -0.106 e. The standard InChI is InChI=1S/C16H27P/c1-14(2)12-17(13-15(3)4)11-10-16-8-6-5-7-9-16/h5-9,14-15H,10-13H2,1-4H3. The lowest BCUT2D eigenvalue weighted by Gasteiger charge is -2.21. The fourth-order valence-corrected chi connectivity index (χ4v) is 5.38. The molecule has 1 rings (SSSR count). The number of benzene rings is 1. The van der Waals surface area contributed by atoms with Crippen LogP contribution in [0.1, 0.15) is 33.3 Å². The summed E-state index contributed by atoms with van der Waals surface area (Å²) in [6.45, 7) is 9.44. The van der Waals surface area contributed by atoms with Gasteiger partial charge in [0.25, 0.3) is 0 Å². The highest BCUT2D eigenvalue weighted by atomic mass is 31.1. The number of aryl methyl sites for hydroxylation is 1. The Morgan fingerprint density at radius 1 is 0.882 bits per heavy atom. The van der Waals surface area contributed by atoms with Crippen molar-refractivity contribution in [2.24, 2.45) is 11.8 Å². The third kappa shape index (κ3) is 6.84. The molecule has 0 spiro atoms. The summed E-state index contributed by atoms with van der Waals surface area (Å²) in [5.74, 6) is 1.71. The van der Waals surface area contributed by atoms with Crippen molar-refractivity contribution in [3.8, 4) is 0 Å². The molecule has 1 heteroatoms. The van der Waals surface area contributed by atoms with E-state index in [1.807, 2.05) is 0 Å². The molecule has 0 saturated heterocycles. The van der Waals surface area contributed by atoms with Gasteiger partial charge in [-0.3, -0.25) is 0 Å². The van der Waals surface area contributed by atoms with Crippen LogP contribution in [-0.4, -0.2) is 18.5 Å². The molecule has 1 aromatic carbocycles. The number of hydrogen-bond donors (Lipinski definition) is 0. The Bertz CT molecular complexity index is 280. The summed E-state index contributed by atoms with van der Waals surface area (Å²) in [6.07, 6.45) is 5.57. The molecule has 0 amide bonds. The second-order valence-electron chi connectivity index (χ2n) is 5.78. The van der Waals surface area contributed by atoms with E-state index in [1.165, 1.54) is 30.5 Å². The average molecular weight is 250 g/mol. The molecule has 0 fully saturated rings. The third-order valence-electron chi connectivity index (χ3n) is 2.81. The van der Waals surface area contributed by atoms with Gasteiger partial charge in [-0.05, 0) is 42.3 Å². The summed E-state index contributed by atoms with van der Waals surface area (Å²) in [5, 5.41) is 0. The molecule has 17 heavy (non-hydrogen) atoms. The zero-order valence-corrected chi connectivity index (χ0v) is 12.7. The van der Waals surface area contributed by atoms with Gasteiger partial charge in [0.1, 0.15) is 0 Å². The van der Waals surface area contributed by atoms with Crippen molar-refractivity contribution in [3.63, 3.8) is 0 Å². The van der Waals surface area contributed by atoms with E-state index in [2.05, 4.69) is 58.0 Å². The van der Waals surface area contributed by atoms with E-state index in [-0.39, 0.29) is 7.92 Å². The number of hydrogen-bond acceptors (Lipinski definition) is 0. The Kier molecular flexibility index (Phi) is 6.82. The first-order valence-electron chi connectivity index (χ1n) is 6.84. The Labute approximate surface area is 109 Å². The largest absolute Gasteiger partial charge is 0.106 e. The molecule has 0 N–H and O–H groups in total. The first-order valence-corrected chi connectivity index (χ1v) is 8.74. The van der Waals surface area contributed by atoms with Gasteiger partial charge in [-0.25, -0.2) is 0 Å². The van der Waals surface area contributed by atoms with E-state index >= 15 is 0 Å². The van der Waals surface area contributed by atoms with E-state index in [4.69, 9.17) is 0 Å².